The number of H-pyrrole nitrogens is 1. The number of aromatic amines is 1. The number of nitrogens with two attached hydrogens (primary N) is 1. The number of alkyl halides is 3. The smallest absolute Gasteiger partial charge is 0.475 e. The molecular weight excluding hydrogens is 395 g/mol. The van der Waals surface area contributed by atoms with Crippen molar-refractivity contribution >= 4 is 29.3 Å². The summed E-state index contributed by atoms with van der Waals surface area (Å²) in [6, 6.07) is 3.13. The van der Waals surface area contributed by atoms with Gasteiger partial charge in [0.1, 0.15) is 11.0 Å². The number of rotatable bonds is 2. The number of carboxylic acids is 1. The molecule has 1 aliphatic rings. The maximum atomic E-state index is 12.3. The predicted molar refractivity (Wildman–Crippen MR) is 84.8 cm³/mol. The van der Waals surface area contributed by atoms with E-state index < -0.39 is 12.1 Å². The van der Waals surface area contributed by atoms with Crippen molar-refractivity contribution in [2.45, 2.75) is 18.5 Å². The summed E-state index contributed by atoms with van der Waals surface area (Å²) in [5, 5.41) is 21.1. The number of nitrogens with one attached hydrogen (secondary N) is 1. The summed E-state index contributed by atoms with van der Waals surface area (Å²) in [7, 11) is 0. The topological polar surface area (TPSA) is 151 Å². The van der Waals surface area contributed by atoms with E-state index in [9.17, 15) is 18.0 Å². The van der Waals surface area contributed by atoms with Crippen LogP contribution in [0.5, 0.6) is 0 Å². The Hall–Kier alpha value is -2.96. The second kappa shape index (κ2) is 7.34. The highest BCUT2D eigenvalue weighted by molar-refractivity contribution is 6.32. The van der Waals surface area contributed by atoms with Gasteiger partial charge in [-0.1, -0.05) is 16.8 Å². The average molecular weight is 408 g/mol. The Morgan fingerprint density at radius 1 is 1.37 bits per heavy atom. The van der Waals surface area contributed by atoms with E-state index in [0.29, 0.717) is 24.5 Å². The Labute approximate surface area is 154 Å². The summed E-state index contributed by atoms with van der Waals surface area (Å²) < 4.78 is 31.7. The number of carboxylic acid groups (broad SMARTS) is 1. The van der Waals surface area contributed by atoms with Crippen molar-refractivity contribution in [3.8, 4) is 0 Å². The highest BCUT2D eigenvalue weighted by atomic mass is 35.5. The molecule has 2 aromatic rings. The van der Waals surface area contributed by atoms with Gasteiger partial charge >= 0.3 is 12.1 Å². The van der Waals surface area contributed by atoms with Gasteiger partial charge in [0.2, 0.25) is 0 Å². The molecule has 3 rings (SSSR count). The van der Waals surface area contributed by atoms with Crippen LogP contribution < -0.4 is 5.73 Å². The van der Waals surface area contributed by atoms with E-state index in [0.717, 1.165) is 0 Å². The van der Waals surface area contributed by atoms with Crippen molar-refractivity contribution in [3.05, 3.63) is 28.7 Å². The molecule has 3 heterocycles. The van der Waals surface area contributed by atoms with Gasteiger partial charge in [-0.25, -0.2) is 9.78 Å². The van der Waals surface area contributed by atoms with Gasteiger partial charge in [-0.2, -0.15) is 18.4 Å². The molecule has 14 heteroatoms. The molecule has 1 amide bonds. The molecule has 10 nitrogen and oxygen atoms in total. The Balaban J connectivity index is 0.000000321. The van der Waals surface area contributed by atoms with Gasteiger partial charge < -0.3 is 15.7 Å². The molecule has 0 aliphatic carbocycles. The van der Waals surface area contributed by atoms with Crippen molar-refractivity contribution < 1.29 is 27.9 Å². The zero-order valence-corrected chi connectivity index (χ0v) is 14.4. The fourth-order valence-electron chi connectivity index (χ4n) is 2.28. The molecule has 1 saturated heterocycles. The maximum absolute atomic E-state index is 12.3. The van der Waals surface area contributed by atoms with Gasteiger partial charge in [0.25, 0.3) is 5.91 Å². The lowest BCUT2D eigenvalue weighted by Gasteiger charge is -2.45. The van der Waals surface area contributed by atoms with Crippen LogP contribution >= 0.6 is 11.6 Å². The first kappa shape index (κ1) is 20.4. The molecule has 4 N–H and O–H groups in total. The zero-order chi connectivity index (χ0) is 20.4. The molecule has 27 heavy (non-hydrogen) atoms. The van der Waals surface area contributed by atoms with Crippen molar-refractivity contribution in [3.63, 3.8) is 0 Å². The molecule has 0 radical (unpaired) electrons. The number of carbonyl (C=O) groups is 2. The van der Waals surface area contributed by atoms with E-state index in [4.69, 9.17) is 27.2 Å². The highest BCUT2D eigenvalue weighted by Crippen LogP contribution is 2.33. The number of nitrogens with zero attached hydrogens (tertiary/aromatic N) is 5. The van der Waals surface area contributed by atoms with Crippen LogP contribution in [-0.4, -0.2) is 66.8 Å². The second-order valence-corrected chi connectivity index (χ2v) is 6.19. The van der Waals surface area contributed by atoms with Gasteiger partial charge in [-0.3, -0.25) is 4.79 Å². The molecule has 0 unspecified atom stereocenters. The maximum Gasteiger partial charge on any atom is 0.490 e. The number of aromatic nitrogens is 5. The minimum absolute atomic E-state index is 0.114. The summed E-state index contributed by atoms with van der Waals surface area (Å²) in [6.45, 7) is 2.99. The summed E-state index contributed by atoms with van der Waals surface area (Å²) in [5.41, 5.74) is 5.57. The van der Waals surface area contributed by atoms with Gasteiger partial charge in [-0.15, -0.1) is 10.2 Å². The standard InChI is InChI=1S/C11H12ClN7O.C2HF3O2/c1-11(10-15-17-18-16-10)4-19(5-11)9(20)6-2-3-7(13)14-8(6)12;3-2(4,5)1(6)7/h2-3H,4-5H2,1H3,(H2,13,14)(H,15,16,17,18);(H,6,7). The van der Waals surface area contributed by atoms with E-state index in [-0.39, 0.29) is 22.3 Å². The Kier molecular flexibility index (Phi) is 5.54. The molecule has 0 atom stereocenters. The molecule has 2 aromatic heterocycles. The SMILES string of the molecule is CC1(c2nn[nH]n2)CN(C(=O)c2ccc(N)nc2Cl)C1.O=C(O)C(F)(F)F. The molecule has 1 aliphatic heterocycles. The van der Waals surface area contributed by atoms with Crippen molar-refractivity contribution in [1.82, 2.24) is 30.5 Å². The number of tetrazole rings is 1. The number of aliphatic carboxylic acids is 1. The molecule has 1 fully saturated rings. The Morgan fingerprint density at radius 2 is 1.96 bits per heavy atom. The van der Waals surface area contributed by atoms with Crippen LogP contribution in [0.3, 0.4) is 0 Å². The third kappa shape index (κ3) is 4.61. The van der Waals surface area contributed by atoms with E-state index >= 15 is 0 Å². The molecule has 0 bridgehead atoms. The molecule has 0 saturated carbocycles. The third-order valence-corrected chi connectivity index (χ3v) is 3.88. The third-order valence-electron chi connectivity index (χ3n) is 3.60. The van der Waals surface area contributed by atoms with Crippen molar-refractivity contribution in [2.75, 3.05) is 18.8 Å². The lowest BCUT2D eigenvalue weighted by molar-refractivity contribution is -0.192. The second-order valence-electron chi connectivity index (χ2n) is 5.83. The minimum Gasteiger partial charge on any atom is -0.475 e. The van der Waals surface area contributed by atoms with Gasteiger partial charge in [0.15, 0.2) is 5.82 Å². The fraction of sp³-hybridized carbons (Fsp3) is 0.385. The van der Waals surface area contributed by atoms with E-state index in [2.05, 4.69) is 25.6 Å². The largest absolute Gasteiger partial charge is 0.490 e. The number of amides is 1. The van der Waals surface area contributed by atoms with Gasteiger partial charge in [0, 0.05) is 13.1 Å². The van der Waals surface area contributed by atoms with E-state index in [1.165, 1.54) is 0 Å². The number of anilines is 1. The lowest BCUT2D eigenvalue weighted by atomic mass is 9.81. The Bertz CT molecular complexity index is 838. The molecular formula is C13H13ClF3N7O3. The number of nitrogen functional groups attached to an aromatic ring is 1. The number of carbonyl (C=O) groups excluding carboxylic acids is 1. The fourth-order valence-corrected chi connectivity index (χ4v) is 2.52. The summed E-state index contributed by atoms with van der Waals surface area (Å²) in [4.78, 5) is 26.7. The molecule has 0 aromatic carbocycles. The lowest BCUT2D eigenvalue weighted by Crippen LogP contribution is -2.60. The highest BCUT2D eigenvalue weighted by Gasteiger charge is 2.46. The normalized spacial score (nSPS) is 15.4. The number of hydrogen-bond donors (Lipinski definition) is 3. The first-order valence-electron chi connectivity index (χ1n) is 7.19. The van der Waals surface area contributed by atoms with Crippen molar-refractivity contribution in [2.24, 2.45) is 0 Å². The predicted octanol–water partition coefficient (Wildman–Crippen LogP) is 0.877. The van der Waals surface area contributed by atoms with Crippen LogP contribution in [0.25, 0.3) is 0 Å². The molecule has 146 valence electrons. The summed E-state index contributed by atoms with van der Waals surface area (Å²) in [6.07, 6.45) is -5.08. The van der Waals surface area contributed by atoms with Crippen LogP contribution in [0.15, 0.2) is 12.1 Å². The van der Waals surface area contributed by atoms with E-state index in [1.54, 1.807) is 17.0 Å². The first-order valence-corrected chi connectivity index (χ1v) is 7.57. The van der Waals surface area contributed by atoms with Crippen LogP contribution in [-0.2, 0) is 10.2 Å². The number of halogens is 4. The minimum atomic E-state index is -5.08. The van der Waals surface area contributed by atoms with E-state index in [1.807, 2.05) is 6.92 Å². The first-order chi connectivity index (χ1) is 12.4. The quantitative estimate of drug-likeness (QED) is 0.620. The van der Waals surface area contributed by atoms with Crippen LogP contribution in [0.1, 0.15) is 23.1 Å². The van der Waals surface area contributed by atoms with Gasteiger partial charge in [0.05, 0.1) is 11.0 Å². The summed E-state index contributed by atoms with van der Waals surface area (Å²) in [5.74, 6) is -2.05. The van der Waals surface area contributed by atoms with Gasteiger partial charge in [-0.05, 0) is 19.1 Å². The monoisotopic (exact) mass is 407 g/mol. The number of pyridine rings is 1. The molecule has 0 spiro atoms. The van der Waals surface area contributed by atoms with Crippen LogP contribution in [0.4, 0.5) is 19.0 Å². The van der Waals surface area contributed by atoms with Crippen LogP contribution in [0, 0.1) is 0 Å². The average Bonchev–Trinajstić information content (AvgIpc) is 3.05. The summed E-state index contributed by atoms with van der Waals surface area (Å²) >= 11 is 5.94. The van der Waals surface area contributed by atoms with Crippen molar-refractivity contribution in [1.29, 1.82) is 0 Å². The Morgan fingerprint density at radius 3 is 2.41 bits per heavy atom. The number of likely N-dealkylation sites (tertiary alicyclic amines) is 1. The van der Waals surface area contributed by atoms with Crippen LogP contribution in [0.2, 0.25) is 5.15 Å². The number of hydrogen-bond acceptors (Lipinski definition) is 7. The zero-order valence-electron chi connectivity index (χ0n) is 13.7.